The SMILES string of the molecule is COc1cccc(CCNc2ccc(Cl)cc2C(=O)O)c1. The summed E-state index contributed by atoms with van der Waals surface area (Å²) >= 11 is 5.82. The fraction of sp³-hybridized carbons (Fsp3) is 0.188. The highest BCUT2D eigenvalue weighted by Gasteiger charge is 2.10. The molecule has 2 aromatic carbocycles. The molecule has 2 rings (SSSR count). The van der Waals surface area contributed by atoms with Crippen molar-refractivity contribution in [3.05, 3.63) is 58.6 Å². The van der Waals surface area contributed by atoms with Crippen molar-refractivity contribution in [3.8, 4) is 5.75 Å². The van der Waals surface area contributed by atoms with E-state index in [0.29, 0.717) is 17.3 Å². The number of rotatable bonds is 6. The number of carboxylic acids is 1. The van der Waals surface area contributed by atoms with Gasteiger partial charge in [-0.15, -0.1) is 0 Å². The molecule has 0 aliphatic rings. The zero-order valence-electron chi connectivity index (χ0n) is 11.6. The van der Waals surface area contributed by atoms with Gasteiger partial charge in [-0.05, 0) is 42.3 Å². The van der Waals surface area contributed by atoms with Gasteiger partial charge < -0.3 is 15.2 Å². The number of hydrogen-bond acceptors (Lipinski definition) is 3. The Kier molecular flexibility index (Phi) is 5.06. The van der Waals surface area contributed by atoms with E-state index in [0.717, 1.165) is 17.7 Å². The first-order valence-electron chi connectivity index (χ1n) is 6.50. The molecular formula is C16H16ClNO3. The second-order valence-corrected chi connectivity index (χ2v) is 4.96. The summed E-state index contributed by atoms with van der Waals surface area (Å²) in [6.45, 7) is 0.620. The second kappa shape index (κ2) is 6.99. The van der Waals surface area contributed by atoms with Crippen LogP contribution < -0.4 is 10.1 Å². The molecule has 0 spiro atoms. The highest BCUT2D eigenvalue weighted by Crippen LogP contribution is 2.21. The van der Waals surface area contributed by atoms with Gasteiger partial charge in [-0.2, -0.15) is 0 Å². The predicted molar refractivity (Wildman–Crippen MR) is 83.6 cm³/mol. The van der Waals surface area contributed by atoms with Crippen molar-refractivity contribution in [3.63, 3.8) is 0 Å². The maximum absolute atomic E-state index is 11.2. The highest BCUT2D eigenvalue weighted by molar-refractivity contribution is 6.31. The number of anilines is 1. The molecule has 4 nitrogen and oxygen atoms in total. The van der Waals surface area contributed by atoms with Crippen molar-refractivity contribution >= 4 is 23.3 Å². The monoisotopic (exact) mass is 305 g/mol. The van der Waals surface area contributed by atoms with Gasteiger partial charge in [0, 0.05) is 17.3 Å². The molecule has 0 heterocycles. The number of carboxylic acid groups (broad SMARTS) is 1. The summed E-state index contributed by atoms with van der Waals surface area (Å²) in [4.78, 5) is 11.2. The first-order chi connectivity index (χ1) is 10.1. The van der Waals surface area contributed by atoms with Crippen LogP contribution in [-0.4, -0.2) is 24.7 Å². The van der Waals surface area contributed by atoms with Gasteiger partial charge in [-0.1, -0.05) is 23.7 Å². The molecule has 0 atom stereocenters. The summed E-state index contributed by atoms with van der Waals surface area (Å²) in [5, 5.41) is 12.7. The zero-order valence-corrected chi connectivity index (χ0v) is 12.4. The maximum atomic E-state index is 11.2. The lowest BCUT2D eigenvalue weighted by atomic mass is 10.1. The fourth-order valence-corrected chi connectivity index (χ4v) is 2.19. The van der Waals surface area contributed by atoms with Crippen LogP contribution in [0.2, 0.25) is 5.02 Å². The smallest absolute Gasteiger partial charge is 0.337 e. The van der Waals surface area contributed by atoms with Gasteiger partial charge in [0.15, 0.2) is 0 Å². The molecule has 0 aliphatic heterocycles. The van der Waals surface area contributed by atoms with E-state index < -0.39 is 5.97 Å². The molecule has 0 unspecified atom stereocenters. The van der Waals surface area contributed by atoms with E-state index in [1.54, 1.807) is 19.2 Å². The molecular weight excluding hydrogens is 290 g/mol. The topological polar surface area (TPSA) is 58.6 Å². The van der Waals surface area contributed by atoms with E-state index in [1.807, 2.05) is 24.3 Å². The molecule has 0 fully saturated rings. The van der Waals surface area contributed by atoms with Crippen LogP contribution in [0, 0.1) is 0 Å². The van der Waals surface area contributed by atoms with Gasteiger partial charge in [0.05, 0.1) is 12.7 Å². The molecule has 21 heavy (non-hydrogen) atoms. The summed E-state index contributed by atoms with van der Waals surface area (Å²) < 4.78 is 5.17. The lowest BCUT2D eigenvalue weighted by Crippen LogP contribution is -2.09. The molecule has 0 amide bonds. The van der Waals surface area contributed by atoms with Gasteiger partial charge in [0.25, 0.3) is 0 Å². The van der Waals surface area contributed by atoms with Crippen LogP contribution in [-0.2, 0) is 6.42 Å². The standard InChI is InChI=1S/C16H16ClNO3/c1-21-13-4-2-3-11(9-13)7-8-18-15-6-5-12(17)10-14(15)16(19)20/h2-6,9-10,18H,7-8H2,1H3,(H,19,20). The summed E-state index contributed by atoms with van der Waals surface area (Å²) in [5.74, 6) is -0.188. The first kappa shape index (κ1) is 15.2. The Labute approximate surface area is 128 Å². The lowest BCUT2D eigenvalue weighted by molar-refractivity contribution is 0.0698. The second-order valence-electron chi connectivity index (χ2n) is 4.52. The minimum Gasteiger partial charge on any atom is -0.497 e. The number of methoxy groups -OCH3 is 1. The van der Waals surface area contributed by atoms with Crippen LogP contribution in [0.3, 0.4) is 0 Å². The Morgan fingerprint density at radius 2 is 2.10 bits per heavy atom. The van der Waals surface area contributed by atoms with Crippen LogP contribution >= 0.6 is 11.6 Å². The first-order valence-corrected chi connectivity index (χ1v) is 6.87. The fourth-order valence-electron chi connectivity index (χ4n) is 2.02. The quantitative estimate of drug-likeness (QED) is 0.854. The molecule has 0 bridgehead atoms. The van der Waals surface area contributed by atoms with Gasteiger partial charge in [-0.3, -0.25) is 0 Å². The molecule has 0 saturated carbocycles. The minimum atomic E-state index is -0.999. The molecule has 2 N–H and O–H groups in total. The molecule has 0 saturated heterocycles. The van der Waals surface area contributed by atoms with Crippen LogP contribution in [0.25, 0.3) is 0 Å². The van der Waals surface area contributed by atoms with Crippen molar-refractivity contribution in [2.24, 2.45) is 0 Å². The molecule has 110 valence electrons. The number of halogens is 1. The Balaban J connectivity index is 2.01. The summed E-state index contributed by atoms with van der Waals surface area (Å²) in [7, 11) is 1.63. The molecule has 0 aromatic heterocycles. The van der Waals surface area contributed by atoms with Crippen LogP contribution in [0.15, 0.2) is 42.5 Å². The molecule has 2 aromatic rings. The molecule has 5 heteroatoms. The summed E-state index contributed by atoms with van der Waals surface area (Å²) in [5.41, 5.74) is 1.86. The number of carbonyl (C=O) groups is 1. The van der Waals surface area contributed by atoms with Crippen molar-refractivity contribution in [1.82, 2.24) is 0 Å². The summed E-state index contributed by atoms with van der Waals surface area (Å²) in [6, 6.07) is 12.6. The average Bonchev–Trinajstić information content (AvgIpc) is 2.48. The molecule has 0 aliphatic carbocycles. The Bertz CT molecular complexity index is 643. The third kappa shape index (κ3) is 4.13. The van der Waals surface area contributed by atoms with Gasteiger partial charge in [0.2, 0.25) is 0 Å². The van der Waals surface area contributed by atoms with Gasteiger partial charge >= 0.3 is 5.97 Å². The van der Waals surface area contributed by atoms with E-state index in [1.165, 1.54) is 6.07 Å². The van der Waals surface area contributed by atoms with Crippen LogP contribution in [0.4, 0.5) is 5.69 Å². The molecule has 0 radical (unpaired) electrons. The van der Waals surface area contributed by atoms with Crippen molar-refractivity contribution in [2.75, 3.05) is 19.0 Å². The van der Waals surface area contributed by atoms with Gasteiger partial charge in [-0.25, -0.2) is 4.79 Å². The normalized spacial score (nSPS) is 10.2. The minimum absolute atomic E-state index is 0.174. The third-order valence-electron chi connectivity index (χ3n) is 3.08. The number of benzene rings is 2. The number of nitrogens with one attached hydrogen (secondary N) is 1. The zero-order chi connectivity index (χ0) is 15.2. The number of ether oxygens (including phenoxy) is 1. The highest BCUT2D eigenvalue weighted by atomic mass is 35.5. The largest absolute Gasteiger partial charge is 0.497 e. The van der Waals surface area contributed by atoms with E-state index in [-0.39, 0.29) is 5.56 Å². The van der Waals surface area contributed by atoms with Crippen LogP contribution in [0.5, 0.6) is 5.75 Å². The Morgan fingerprint density at radius 1 is 1.29 bits per heavy atom. The van der Waals surface area contributed by atoms with E-state index in [4.69, 9.17) is 21.4 Å². The van der Waals surface area contributed by atoms with E-state index in [9.17, 15) is 4.79 Å². The predicted octanol–water partition coefficient (Wildman–Crippen LogP) is 3.70. The van der Waals surface area contributed by atoms with Gasteiger partial charge in [0.1, 0.15) is 5.75 Å². The third-order valence-corrected chi connectivity index (χ3v) is 3.31. The van der Waals surface area contributed by atoms with Crippen molar-refractivity contribution < 1.29 is 14.6 Å². The lowest BCUT2D eigenvalue weighted by Gasteiger charge is -2.10. The Morgan fingerprint density at radius 3 is 2.81 bits per heavy atom. The van der Waals surface area contributed by atoms with Crippen molar-refractivity contribution in [1.29, 1.82) is 0 Å². The number of aromatic carboxylic acids is 1. The van der Waals surface area contributed by atoms with Crippen LogP contribution in [0.1, 0.15) is 15.9 Å². The number of hydrogen-bond donors (Lipinski definition) is 2. The average molecular weight is 306 g/mol. The van der Waals surface area contributed by atoms with E-state index >= 15 is 0 Å². The maximum Gasteiger partial charge on any atom is 0.337 e. The summed E-state index contributed by atoms with van der Waals surface area (Å²) in [6.07, 6.45) is 0.763. The Hall–Kier alpha value is -2.20. The van der Waals surface area contributed by atoms with Crippen molar-refractivity contribution in [2.45, 2.75) is 6.42 Å². The van der Waals surface area contributed by atoms with E-state index in [2.05, 4.69) is 5.32 Å².